The number of aliphatic carboxylic acids is 1. The minimum atomic E-state index is -1.06. The molecule has 0 bridgehead atoms. The zero-order valence-corrected chi connectivity index (χ0v) is 14.9. The molecule has 0 saturated carbocycles. The Kier molecular flexibility index (Phi) is 6.22. The number of methoxy groups -OCH3 is 1. The van der Waals surface area contributed by atoms with Gasteiger partial charge in [0.05, 0.1) is 12.0 Å². The van der Waals surface area contributed by atoms with Gasteiger partial charge in [0.1, 0.15) is 4.32 Å². The van der Waals surface area contributed by atoms with Gasteiger partial charge in [0.2, 0.25) is 0 Å². The topological polar surface area (TPSA) is 84.9 Å². The molecule has 0 radical (unpaired) electrons. The first-order valence-corrected chi connectivity index (χ1v) is 8.38. The van der Waals surface area contributed by atoms with Gasteiger partial charge in [-0.15, -0.1) is 0 Å². The highest BCUT2D eigenvalue weighted by Gasteiger charge is 2.24. The van der Waals surface area contributed by atoms with Crippen LogP contribution in [-0.4, -0.2) is 35.0 Å². The summed E-state index contributed by atoms with van der Waals surface area (Å²) in [5, 5.41) is 11.4. The summed E-state index contributed by atoms with van der Waals surface area (Å²) in [6, 6.07) is 5.38. The number of para-hydroxylation sites is 1. The fourth-order valence-electron chi connectivity index (χ4n) is 2.25. The number of allylic oxidation sites excluding steroid dienone is 1. The molecule has 2 rings (SSSR count). The van der Waals surface area contributed by atoms with Crippen LogP contribution in [0.15, 0.2) is 28.7 Å². The molecule has 0 aromatic heterocycles. The molecular weight excluding hydrogens is 350 g/mol. The van der Waals surface area contributed by atoms with Crippen molar-refractivity contribution in [2.45, 2.75) is 19.8 Å². The molecule has 1 heterocycles. The number of rotatable bonds is 7. The molecule has 1 aromatic carbocycles. The van der Waals surface area contributed by atoms with Gasteiger partial charge in [0.15, 0.2) is 18.1 Å². The number of amides is 1. The fraction of sp³-hybridized carbons (Fsp3) is 0.312. The van der Waals surface area contributed by atoms with Crippen LogP contribution in [0.4, 0.5) is 0 Å². The molecule has 24 heavy (non-hydrogen) atoms. The molecule has 1 fully saturated rings. The average Bonchev–Trinajstić information content (AvgIpc) is 2.89. The monoisotopic (exact) mass is 367 g/mol. The van der Waals surface area contributed by atoms with Crippen LogP contribution in [0.5, 0.6) is 11.5 Å². The standard InChI is InChI=1S/C16H17NO5S2/c1-9(14-15(20)17-16(23)24-14)6-7-10-4-3-5-11(21-2)13(10)22-8-12(18)19/h3-5H,6-8H2,1-2H3,(H,18,19)(H,17,20,23). The summed E-state index contributed by atoms with van der Waals surface area (Å²) in [4.78, 5) is 23.2. The molecule has 1 aliphatic heterocycles. The van der Waals surface area contributed by atoms with Gasteiger partial charge in [-0.1, -0.05) is 41.7 Å². The lowest BCUT2D eigenvalue weighted by Crippen LogP contribution is -2.18. The van der Waals surface area contributed by atoms with E-state index in [9.17, 15) is 9.59 Å². The van der Waals surface area contributed by atoms with Gasteiger partial charge in [-0.3, -0.25) is 4.79 Å². The van der Waals surface area contributed by atoms with Gasteiger partial charge in [0.25, 0.3) is 5.91 Å². The van der Waals surface area contributed by atoms with E-state index in [0.717, 1.165) is 11.1 Å². The van der Waals surface area contributed by atoms with E-state index < -0.39 is 12.6 Å². The van der Waals surface area contributed by atoms with Crippen molar-refractivity contribution in [2.75, 3.05) is 13.7 Å². The number of hydrogen-bond donors (Lipinski definition) is 2. The van der Waals surface area contributed by atoms with Crippen LogP contribution >= 0.6 is 24.0 Å². The third-order valence-electron chi connectivity index (χ3n) is 3.39. The number of ether oxygens (including phenoxy) is 2. The second-order valence-electron chi connectivity index (χ2n) is 5.08. The van der Waals surface area contributed by atoms with Crippen molar-refractivity contribution in [3.8, 4) is 11.5 Å². The number of thioether (sulfide) groups is 1. The first kappa shape index (κ1) is 18.3. The smallest absolute Gasteiger partial charge is 0.341 e. The van der Waals surface area contributed by atoms with E-state index >= 15 is 0 Å². The Labute approximate surface area is 149 Å². The summed E-state index contributed by atoms with van der Waals surface area (Å²) in [6.45, 7) is 1.44. The number of nitrogens with one attached hydrogen (secondary N) is 1. The molecule has 1 saturated heterocycles. The molecule has 128 valence electrons. The van der Waals surface area contributed by atoms with E-state index in [1.165, 1.54) is 18.9 Å². The molecule has 0 atom stereocenters. The Hall–Kier alpha value is -2.06. The van der Waals surface area contributed by atoms with E-state index in [1.54, 1.807) is 6.07 Å². The highest BCUT2D eigenvalue weighted by Crippen LogP contribution is 2.34. The van der Waals surface area contributed by atoms with Gasteiger partial charge in [0, 0.05) is 0 Å². The Bertz CT molecular complexity index is 714. The van der Waals surface area contributed by atoms with Gasteiger partial charge in [-0.25, -0.2) is 4.79 Å². The van der Waals surface area contributed by atoms with E-state index in [4.69, 9.17) is 26.8 Å². The molecule has 1 amide bonds. The van der Waals surface area contributed by atoms with Crippen molar-refractivity contribution in [3.63, 3.8) is 0 Å². The molecular formula is C16H17NO5S2. The maximum Gasteiger partial charge on any atom is 0.341 e. The van der Waals surface area contributed by atoms with Crippen LogP contribution in [0.25, 0.3) is 0 Å². The maximum atomic E-state index is 11.8. The van der Waals surface area contributed by atoms with E-state index in [2.05, 4.69) is 5.32 Å². The van der Waals surface area contributed by atoms with E-state index in [1.807, 2.05) is 19.1 Å². The van der Waals surface area contributed by atoms with Crippen molar-refractivity contribution in [2.24, 2.45) is 0 Å². The largest absolute Gasteiger partial charge is 0.493 e. The number of benzene rings is 1. The number of hydrogen-bond acceptors (Lipinski definition) is 6. The first-order valence-electron chi connectivity index (χ1n) is 7.15. The maximum absolute atomic E-state index is 11.8. The predicted octanol–water partition coefficient (Wildman–Crippen LogP) is 2.51. The zero-order valence-electron chi connectivity index (χ0n) is 13.3. The minimum Gasteiger partial charge on any atom is -0.493 e. The zero-order chi connectivity index (χ0) is 17.7. The number of thiocarbonyl (C=S) groups is 1. The van der Waals surface area contributed by atoms with Gasteiger partial charge in [-0.05, 0) is 31.4 Å². The summed E-state index contributed by atoms with van der Waals surface area (Å²) < 4.78 is 11.1. The minimum absolute atomic E-state index is 0.171. The third-order valence-corrected chi connectivity index (χ3v) is 4.77. The summed E-state index contributed by atoms with van der Waals surface area (Å²) in [5.41, 5.74) is 1.74. The number of carbonyl (C=O) groups is 2. The lowest BCUT2D eigenvalue weighted by Gasteiger charge is -2.14. The van der Waals surface area contributed by atoms with Gasteiger partial charge in [-0.2, -0.15) is 0 Å². The predicted molar refractivity (Wildman–Crippen MR) is 95.5 cm³/mol. The van der Waals surface area contributed by atoms with Crippen molar-refractivity contribution >= 4 is 40.2 Å². The second kappa shape index (κ2) is 8.16. The summed E-state index contributed by atoms with van der Waals surface area (Å²) in [6.07, 6.45) is 1.21. The van der Waals surface area contributed by atoms with Crippen molar-refractivity contribution in [3.05, 3.63) is 34.2 Å². The highest BCUT2D eigenvalue weighted by atomic mass is 32.2. The van der Waals surface area contributed by atoms with Crippen LogP contribution in [0.3, 0.4) is 0 Å². The summed E-state index contributed by atoms with van der Waals surface area (Å²) in [5.74, 6) is -0.333. The molecule has 0 unspecified atom stereocenters. The fourth-order valence-corrected chi connectivity index (χ4v) is 3.34. The summed E-state index contributed by atoms with van der Waals surface area (Å²) in [7, 11) is 1.50. The highest BCUT2D eigenvalue weighted by molar-refractivity contribution is 8.26. The van der Waals surface area contributed by atoms with Crippen LogP contribution in [0.1, 0.15) is 18.9 Å². The Morgan fingerprint density at radius 1 is 1.42 bits per heavy atom. The van der Waals surface area contributed by atoms with Crippen LogP contribution in [0, 0.1) is 0 Å². The molecule has 6 nitrogen and oxygen atoms in total. The van der Waals surface area contributed by atoms with Gasteiger partial charge < -0.3 is 19.9 Å². The second-order valence-corrected chi connectivity index (χ2v) is 6.77. The Morgan fingerprint density at radius 3 is 2.75 bits per heavy atom. The van der Waals surface area contributed by atoms with Crippen LogP contribution in [0.2, 0.25) is 0 Å². The molecule has 1 aliphatic rings. The molecule has 8 heteroatoms. The number of aryl methyl sites for hydroxylation is 1. The third kappa shape index (κ3) is 4.48. The number of carbonyl (C=O) groups excluding carboxylic acids is 1. The quantitative estimate of drug-likeness (QED) is 0.566. The lowest BCUT2D eigenvalue weighted by molar-refractivity contribution is -0.139. The number of carboxylic acids is 1. The van der Waals surface area contributed by atoms with Gasteiger partial charge >= 0.3 is 5.97 Å². The van der Waals surface area contributed by atoms with Crippen molar-refractivity contribution < 1.29 is 24.2 Å². The van der Waals surface area contributed by atoms with Crippen molar-refractivity contribution in [1.82, 2.24) is 5.32 Å². The number of carboxylic acid groups (broad SMARTS) is 1. The van der Waals surface area contributed by atoms with E-state index in [0.29, 0.717) is 33.6 Å². The lowest BCUT2D eigenvalue weighted by atomic mass is 10.0. The molecule has 2 N–H and O–H groups in total. The van der Waals surface area contributed by atoms with Crippen LogP contribution < -0.4 is 14.8 Å². The molecule has 0 aliphatic carbocycles. The molecule has 0 spiro atoms. The average molecular weight is 367 g/mol. The Morgan fingerprint density at radius 2 is 2.17 bits per heavy atom. The van der Waals surface area contributed by atoms with Crippen molar-refractivity contribution in [1.29, 1.82) is 0 Å². The van der Waals surface area contributed by atoms with E-state index in [-0.39, 0.29) is 5.91 Å². The van der Waals surface area contributed by atoms with Crippen LogP contribution in [-0.2, 0) is 16.0 Å². The molecule has 1 aromatic rings. The first-order chi connectivity index (χ1) is 11.4. The summed E-state index contributed by atoms with van der Waals surface area (Å²) >= 11 is 6.25. The SMILES string of the molecule is COc1cccc(CCC(C)=C2SC(=S)NC2=O)c1OCC(=O)O. The normalized spacial score (nSPS) is 15.9. The Balaban J connectivity index is 2.17.